The molecule has 0 spiro atoms. The molecule has 1 aliphatic rings. The Hall–Kier alpha value is -3.81. The number of methoxy groups -OCH3 is 2. The zero-order valence-corrected chi connectivity index (χ0v) is 18.4. The first-order chi connectivity index (χ1) is 15.5. The Balaban J connectivity index is 1.80. The molecule has 1 atom stereocenters. The number of carbonyl (C=O) groups is 1. The van der Waals surface area contributed by atoms with E-state index >= 15 is 0 Å². The lowest BCUT2D eigenvalue weighted by Gasteiger charge is -2.31. The summed E-state index contributed by atoms with van der Waals surface area (Å²) in [6.45, 7) is 2.69. The molecule has 3 aromatic rings. The summed E-state index contributed by atoms with van der Waals surface area (Å²) in [7, 11) is 3.20. The molecule has 2 heterocycles. The zero-order valence-electron chi connectivity index (χ0n) is 18.4. The minimum absolute atomic E-state index is 0.0706. The summed E-state index contributed by atoms with van der Waals surface area (Å²) in [6.07, 6.45) is 1.26. The molecule has 32 heavy (non-hydrogen) atoms. The van der Waals surface area contributed by atoms with E-state index in [0.717, 1.165) is 17.7 Å². The molecule has 1 amide bonds. The van der Waals surface area contributed by atoms with Crippen molar-refractivity contribution >= 4 is 12.4 Å². The minimum atomic E-state index is -0.158. The van der Waals surface area contributed by atoms with Crippen LogP contribution in [0.2, 0.25) is 0 Å². The Morgan fingerprint density at radius 3 is 2.56 bits per heavy atom. The minimum Gasteiger partial charge on any atom is -0.497 e. The summed E-state index contributed by atoms with van der Waals surface area (Å²) in [5.41, 5.74) is 2.69. The first-order valence-corrected chi connectivity index (χ1v) is 10.4. The number of hydrogen-bond acceptors (Lipinski definition) is 6. The fourth-order valence-electron chi connectivity index (χ4n) is 3.90. The largest absolute Gasteiger partial charge is 0.497 e. The normalized spacial score (nSPS) is 15.1. The topological polar surface area (TPSA) is 85.7 Å². The average molecular weight is 434 g/mol. The summed E-state index contributed by atoms with van der Waals surface area (Å²) in [6, 6.07) is 14.9. The van der Waals surface area contributed by atoms with Gasteiger partial charge in [-0.25, -0.2) is 9.55 Å². The van der Waals surface area contributed by atoms with E-state index in [1.165, 1.54) is 0 Å². The smallest absolute Gasteiger partial charge is 0.263 e. The van der Waals surface area contributed by atoms with Crippen LogP contribution in [-0.4, -0.2) is 41.1 Å². The van der Waals surface area contributed by atoms with Crippen molar-refractivity contribution in [1.29, 1.82) is 0 Å². The summed E-state index contributed by atoms with van der Waals surface area (Å²) in [5, 5.41) is 3.30. The number of hydrogen-bond donors (Lipinski definition) is 1. The second kappa shape index (κ2) is 9.13. The van der Waals surface area contributed by atoms with Gasteiger partial charge in [-0.05, 0) is 43.2 Å². The van der Waals surface area contributed by atoms with Crippen molar-refractivity contribution in [2.75, 3.05) is 19.5 Å². The van der Waals surface area contributed by atoms with E-state index < -0.39 is 0 Å². The molecule has 0 saturated heterocycles. The van der Waals surface area contributed by atoms with Crippen LogP contribution in [0, 0.1) is 0 Å². The maximum Gasteiger partial charge on any atom is 0.263 e. The van der Waals surface area contributed by atoms with Gasteiger partial charge in [0.15, 0.2) is 0 Å². The van der Waals surface area contributed by atoms with Gasteiger partial charge in [-0.15, -0.1) is 0 Å². The van der Waals surface area contributed by atoms with Crippen molar-refractivity contribution in [3.8, 4) is 17.2 Å². The number of ether oxygens (including phenoxy) is 2. The molecule has 0 aliphatic carbocycles. The highest BCUT2D eigenvalue weighted by Crippen LogP contribution is 2.26. The van der Waals surface area contributed by atoms with E-state index in [-0.39, 0.29) is 11.6 Å². The molecule has 8 heteroatoms. The number of fused-ring (bicyclic) bond motifs is 1. The molecule has 2 aromatic carbocycles. The van der Waals surface area contributed by atoms with E-state index in [2.05, 4.69) is 5.32 Å². The van der Waals surface area contributed by atoms with Crippen molar-refractivity contribution in [3.63, 3.8) is 0 Å². The number of carbonyl (C=O) groups excluding carboxylic acids is 1. The van der Waals surface area contributed by atoms with Crippen LogP contribution in [0.4, 0.5) is 5.95 Å². The highest BCUT2D eigenvalue weighted by Gasteiger charge is 2.28. The van der Waals surface area contributed by atoms with Crippen molar-refractivity contribution in [1.82, 2.24) is 14.5 Å². The van der Waals surface area contributed by atoms with Crippen LogP contribution in [0.25, 0.3) is 5.69 Å². The van der Waals surface area contributed by atoms with Gasteiger partial charge in [0, 0.05) is 18.2 Å². The van der Waals surface area contributed by atoms with Gasteiger partial charge >= 0.3 is 0 Å². The summed E-state index contributed by atoms with van der Waals surface area (Å²) >= 11 is 0. The number of anilines is 1. The third kappa shape index (κ3) is 4.03. The summed E-state index contributed by atoms with van der Waals surface area (Å²) < 4.78 is 12.3. The molecule has 0 fully saturated rings. The van der Waals surface area contributed by atoms with Crippen LogP contribution in [0.15, 0.2) is 53.3 Å². The average Bonchev–Trinajstić information content (AvgIpc) is 2.83. The van der Waals surface area contributed by atoms with Gasteiger partial charge < -0.3 is 19.7 Å². The third-order valence-corrected chi connectivity index (χ3v) is 5.73. The van der Waals surface area contributed by atoms with E-state index in [1.54, 1.807) is 23.7 Å². The lowest BCUT2D eigenvalue weighted by Crippen LogP contribution is -2.42. The molecular weight excluding hydrogens is 408 g/mol. The number of rotatable bonds is 7. The standard InChI is InChI=1S/C24H26N4O4/c1-16-12-19-20(14-27(16)15-29)26-24(25-13-17-8-10-18(31-2)11-9-17)28(23(19)30)21-6-4-5-7-22(21)32-3/h4-11,15-16H,12-14H2,1-3H3,(H,25,26). The molecule has 0 saturated carbocycles. The molecule has 1 aliphatic heterocycles. The van der Waals surface area contributed by atoms with Crippen molar-refractivity contribution in [2.24, 2.45) is 0 Å². The van der Waals surface area contributed by atoms with E-state index in [9.17, 15) is 9.59 Å². The molecule has 4 rings (SSSR count). The Bertz CT molecular complexity index is 1170. The molecule has 1 N–H and O–H groups in total. The lowest BCUT2D eigenvalue weighted by molar-refractivity contribution is -0.120. The summed E-state index contributed by atoms with van der Waals surface area (Å²) in [5.74, 6) is 1.74. The second-order valence-corrected chi connectivity index (χ2v) is 7.71. The van der Waals surface area contributed by atoms with Gasteiger partial charge in [0.25, 0.3) is 5.56 Å². The Morgan fingerprint density at radius 1 is 1.12 bits per heavy atom. The highest BCUT2D eigenvalue weighted by molar-refractivity contribution is 5.54. The van der Waals surface area contributed by atoms with Gasteiger partial charge in [0.05, 0.1) is 32.1 Å². The van der Waals surface area contributed by atoms with Crippen LogP contribution in [0.5, 0.6) is 11.5 Å². The molecular formula is C24H26N4O4. The third-order valence-electron chi connectivity index (χ3n) is 5.73. The highest BCUT2D eigenvalue weighted by atomic mass is 16.5. The van der Waals surface area contributed by atoms with Crippen LogP contribution in [0.1, 0.15) is 23.7 Å². The first kappa shape index (κ1) is 21.4. The maximum absolute atomic E-state index is 13.6. The SMILES string of the molecule is COc1ccc(CNc2nc3c(c(=O)n2-c2ccccc2OC)CC(C)N(C=O)C3)cc1. The maximum atomic E-state index is 13.6. The molecule has 8 nitrogen and oxygen atoms in total. The van der Waals surface area contributed by atoms with Crippen LogP contribution >= 0.6 is 0 Å². The van der Waals surface area contributed by atoms with E-state index in [0.29, 0.717) is 48.2 Å². The first-order valence-electron chi connectivity index (χ1n) is 10.4. The predicted octanol–water partition coefficient (Wildman–Crippen LogP) is 2.76. The number of amides is 1. The zero-order chi connectivity index (χ0) is 22.7. The molecule has 0 bridgehead atoms. The van der Waals surface area contributed by atoms with Crippen LogP contribution in [-0.2, 0) is 24.3 Å². The second-order valence-electron chi connectivity index (χ2n) is 7.71. The number of aromatic nitrogens is 2. The van der Waals surface area contributed by atoms with Crippen LogP contribution in [0.3, 0.4) is 0 Å². The Kier molecular flexibility index (Phi) is 6.11. The van der Waals surface area contributed by atoms with Gasteiger partial charge in [0.1, 0.15) is 11.5 Å². The van der Waals surface area contributed by atoms with Crippen LogP contribution < -0.4 is 20.3 Å². The van der Waals surface area contributed by atoms with Gasteiger partial charge in [-0.1, -0.05) is 24.3 Å². The van der Waals surface area contributed by atoms with Gasteiger partial charge in [-0.3, -0.25) is 9.59 Å². The molecule has 1 unspecified atom stereocenters. The fourth-order valence-corrected chi connectivity index (χ4v) is 3.90. The molecule has 0 radical (unpaired) electrons. The quantitative estimate of drug-likeness (QED) is 0.576. The monoisotopic (exact) mass is 434 g/mol. The van der Waals surface area contributed by atoms with Crippen molar-refractivity contribution in [2.45, 2.75) is 32.5 Å². The molecule has 166 valence electrons. The lowest BCUT2D eigenvalue weighted by atomic mass is 10.0. The van der Waals surface area contributed by atoms with Gasteiger partial charge in [0.2, 0.25) is 12.4 Å². The van der Waals surface area contributed by atoms with Crippen molar-refractivity contribution < 1.29 is 14.3 Å². The van der Waals surface area contributed by atoms with E-state index in [4.69, 9.17) is 14.5 Å². The number of nitrogens with zero attached hydrogens (tertiary/aromatic N) is 3. The number of benzene rings is 2. The number of para-hydroxylation sites is 2. The molecule has 1 aromatic heterocycles. The fraction of sp³-hybridized carbons (Fsp3) is 0.292. The van der Waals surface area contributed by atoms with Gasteiger partial charge in [-0.2, -0.15) is 0 Å². The number of nitrogens with one attached hydrogen (secondary N) is 1. The predicted molar refractivity (Wildman–Crippen MR) is 121 cm³/mol. The van der Waals surface area contributed by atoms with E-state index in [1.807, 2.05) is 55.5 Å². The van der Waals surface area contributed by atoms with Crippen molar-refractivity contribution in [3.05, 3.63) is 75.7 Å². The Labute approximate surface area is 186 Å². The Morgan fingerprint density at radius 2 is 1.88 bits per heavy atom. The summed E-state index contributed by atoms with van der Waals surface area (Å²) in [4.78, 5) is 31.5.